The second-order valence-electron chi connectivity index (χ2n) is 11.8. The molecule has 0 unspecified atom stereocenters. The number of halogens is 2. The van der Waals surface area contributed by atoms with E-state index in [0.29, 0.717) is 30.2 Å². The third-order valence-corrected chi connectivity index (χ3v) is 7.22. The number of phenols is 3. The van der Waals surface area contributed by atoms with Crippen LogP contribution in [-0.4, -0.2) is 40.1 Å². The van der Waals surface area contributed by atoms with E-state index in [1.807, 2.05) is 19.1 Å². The summed E-state index contributed by atoms with van der Waals surface area (Å²) < 4.78 is 43.9. The first-order valence-electron chi connectivity index (χ1n) is 14.7. The largest absolute Gasteiger partial charge is 0.508 e. The first-order chi connectivity index (χ1) is 21.8. The van der Waals surface area contributed by atoms with Crippen LogP contribution in [0.5, 0.6) is 34.5 Å². The lowest BCUT2D eigenvalue weighted by atomic mass is 9.87. The van der Waals surface area contributed by atoms with Gasteiger partial charge in [-0.1, -0.05) is 46.2 Å². The van der Waals surface area contributed by atoms with Crippen LogP contribution in [0.4, 0.5) is 8.78 Å². The number of ketones is 2. The molecule has 242 valence electrons. The number of ether oxygens (including phenoxy) is 3. The van der Waals surface area contributed by atoms with Gasteiger partial charge in [0, 0.05) is 23.8 Å². The Morgan fingerprint density at radius 1 is 0.696 bits per heavy atom. The van der Waals surface area contributed by atoms with Crippen molar-refractivity contribution >= 4 is 11.6 Å². The van der Waals surface area contributed by atoms with Crippen molar-refractivity contribution in [2.45, 2.75) is 52.6 Å². The van der Waals surface area contributed by atoms with E-state index in [2.05, 4.69) is 20.8 Å². The van der Waals surface area contributed by atoms with Crippen molar-refractivity contribution in [1.29, 1.82) is 0 Å². The Balaban J connectivity index is 1.52. The van der Waals surface area contributed by atoms with Crippen molar-refractivity contribution in [3.05, 3.63) is 106 Å². The normalized spacial score (nSPS) is 11.3. The van der Waals surface area contributed by atoms with Gasteiger partial charge in [0.25, 0.3) is 0 Å². The Morgan fingerprint density at radius 3 is 1.98 bits per heavy atom. The predicted molar refractivity (Wildman–Crippen MR) is 167 cm³/mol. The summed E-state index contributed by atoms with van der Waals surface area (Å²) in [6.07, 6.45) is 1.23. The predicted octanol–water partition coefficient (Wildman–Crippen LogP) is 7.43. The molecular formula is C36H36F2O8. The van der Waals surface area contributed by atoms with E-state index < -0.39 is 41.3 Å². The lowest BCUT2D eigenvalue weighted by Gasteiger charge is -2.19. The quantitative estimate of drug-likeness (QED) is 0.130. The first-order valence-corrected chi connectivity index (χ1v) is 14.7. The van der Waals surface area contributed by atoms with Gasteiger partial charge >= 0.3 is 0 Å². The van der Waals surface area contributed by atoms with Crippen LogP contribution in [0.2, 0.25) is 0 Å². The molecule has 0 aliphatic heterocycles. The number of carbonyl (C=O) groups is 2. The van der Waals surface area contributed by atoms with Gasteiger partial charge in [0.1, 0.15) is 41.2 Å². The molecule has 0 aliphatic rings. The molecule has 0 aliphatic carbocycles. The van der Waals surface area contributed by atoms with Crippen LogP contribution in [0.3, 0.4) is 0 Å². The van der Waals surface area contributed by atoms with Crippen molar-refractivity contribution in [3.8, 4) is 34.5 Å². The van der Waals surface area contributed by atoms with E-state index in [-0.39, 0.29) is 52.6 Å². The minimum absolute atomic E-state index is 0.0181. The van der Waals surface area contributed by atoms with E-state index >= 15 is 0 Å². The highest BCUT2D eigenvalue weighted by Gasteiger charge is 2.21. The molecule has 4 aromatic rings. The minimum atomic E-state index is -1.00. The maximum absolute atomic E-state index is 13.9. The molecule has 0 bridgehead atoms. The molecule has 10 heteroatoms. The summed E-state index contributed by atoms with van der Waals surface area (Å²) in [5.74, 6) is -3.85. The van der Waals surface area contributed by atoms with Crippen LogP contribution in [0.15, 0.2) is 66.7 Å². The summed E-state index contributed by atoms with van der Waals surface area (Å²) >= 11 is 0. The highest BCUT2D eigenvalue weighted by Crippen LogP contribution is 2.33. The van der Waals surface area contributed by atoms with E-state index in [0.717, 1.165) is 23.8 Å². The number of carbonyl (C=O) groups excluding carboxylic acids is 2. The highest BCUT2D eigenvalue weighted by molar-refractivity contribution is 6.01. The molecule has 3 N–H and O–H groups in total. The standard InChI is InChI=1S/C36H36F2O8/c1-5-6-21-13-27(33(43)19-44-25-10-7-23(8-11-25)36(2,3)4)35(17-30(21)40)45-18-22-14-26(31(41)16-29(22)39)32(42)20-46-34-12-9-24(37)15-28(34)38/h7-17,39-41H,5-6,18-20H2,1-4H3. The maximum Gasteiger partial charge on any atom is 0.203 e. The van der Waals surface area contributed by atoms with Crippen molar-refractivity contribution in [3.63, 3.8) is 0 Å². The van der Waals surface area contributed by atoms with E-state index in [1.54, 1.807) is 18.2 Å². The van der Waals surface area contributed by atoms with Gasteiger partial charge in [-0.05, 0) is 59.4 Å². The number of benzene rings is 4. The molecule has 0 saturated carbocycles. The van der Waals surface area contributed by atoms with Crippen molar-refractivity contribution in [1.82, 2.24) is 0 Å². The molecule has 0 amide bonds. The fourth-order valence-corrected chi connectivity index (χ4v) is 4.63. The van der Waals surface area contributed by atoms with E-state index in [4.69, 9.17) is 14.2 Å². The van der Waals surface area contributed by atoms with Crippen LogP contribution >= 0.6 is 0 Å². The third-order valence-electron chi connectivity index (χ3n) is 7.22. The number of rotatable bonds is 13. The average Bonchev–Trinajstić information content (AvgIpc) is 2.99. The zero-order valence-electron chi connectivity index (χ0n) is 26.0. The SMILES string of the molecule is CCCc1cc(C(=O)COc2ccc(C(C)(C)C)cc2)c(OCc2cc(C(=O)COc3ccc(F)cc3F)c(O)cc2O)cc1O. The van der Waals surface area contributed by atoms with Crippen LogP contribution in [0, 0.1) is 11.6 Å². The summed E-state index contributed by atoms with van der Waals surface area (Å²) in [5, 5.41) is 31.4. The van der Waals surface area contributed by atoms with Gasteiger partial charge in [-0.3, -0.25) is 9.59 Å². The van der Waals surface area contributed by atoms with Crippen LogP contribution in [0.25, 0.3) is 0 Å². The molecule has 0 spiro atoms. The Morgan fingerprint density at radius 2 is 1.33 bits per heavy atom. The number of hydrogen-bond acceptors (Lipinski definition) is 8. The summed E-state index contributed by atoms with van der Waals surface area (Å²) in [7, 11) is 0. The molecule has 0 saturated heterocycles. The summed E-state index contributed by atoms with van der Waals surface area (Å²) in [6.45, 7) is 6.86. The Labute approximate surface area is 265 Å². The molecule has 0 fully saturated rings. The Hall–Kier alpha value is -5.12. The smallest absolute Gasteiger partial charge is 0.203 e. The van der Waals surface area contributed by atoms with Gasteiger partial charge in [-0.25, -0.2) is 8.78 Å². The third kappa shape index (κ3) is 8.32. The Bertz CT molecular complexity index is 1730. The molecule has 0 atom stereocenters. The van der Waals surface area contributed by atoms with Gasteiger partial charge in [-0.2, -0.15) is 0 Å². The zero-order chi connectivity index (χ0) is 33.6. The zero-order valence-corrected chi connectivity index (χ0v) is 26.0. The Kier molecular flexibility index (Phi) is 10.5. The number of phenolic OH excluding ortho intramolecular Hbond substituents is 3. The van der Waals surface area contributed by atoms with Gasteiger partial charge in [-0.15, -0.1) is 0 Å². The van der Waals surface area contributed by atoms with Gasteiger partial charge in [0.15, 0.2) is 24.8 Å². The molecule has 4 aromatic carbocycles. The number of hydrogen-bond donors (Lipinski definition) is 3. The van der Waals surface area contributed by atoms with E-state index in [9.17, 15) is 33.7 Å². The van der Waals surface area contributed by atoms with E-state index in [1.165, 1.54) is 12.1 Å². The van der Waals surface area contributed by atoms with Crippen LogP contribution < -0.4 is 14.2 Å². The number of aromatic hydroxyl groups is 3. The monoisotopic (exact) mass is 634 g/mol. The summed E-state index contributed by atoms with van der Waals surface area (Å²) in [5.41, 5.74) is 1.59. The average molecular weight is 635 g/mol. The van der Waals surface area contributed by atoms with Gasteiger partial charge < -0.3 is 29.5 Å². The van der Waals surface area contributed by atoms with Crippen molar-refractivity contribution < 1.29 is 47.9 Å². The van der Waals surface area contributed by atoms with Crippen molar-refractivity contribution in [2.75, 3.05) is 13.2 Å². The molecule has 0 heterocycles. The topological polar surface area (TPSA) is 123 Å². The maximum atomic E-state index is 13.9. The lowest BCUT2D eigenvalue weighted by molar-refractivity contribution is 0.0910. The van der Waals surface area contributed by atoms with Crippen LogP contribution in [0.1, 0.15) is 71.5 Å². The first kappa shape index (κ1) is 33.8. The molecular weight excluding hydrogens is 598 g/mol. The molecule has 0 aromatic heterocycles. The number of Topliss-reactive ketones (excluding diaryl/α,β-unsaturated/α-hetero) is 2. The second kappa shape index (κ2) is 14.3. The van der Waals surface area contributed by atoms with Gasteiger partial charge in [0.05, 0.1) is 11.1 Å². The van der Waals surface area contributed by atoms with Crippen LogP contribution in [-0.2, 0) is 18.4 Å². The fraction of sp³-hybridized carbons (Fsp3) is 0.278. The molecule has 8 nitrogen and oxygen atoms in total. The summed E-state index contributed by atoms with van der Waals surface area (Å²) in [6, 6.07) is 15.0. The van der Waals surface area contributed by atoms with Gasteiger partial charge in [0.2, 0.25) is 11.6 Å². The molecule has 4 rings (SSSR count). The molecule has 46 heavy (non-hydrogen) atoms. The highest BCUT2D eigenvalue weighted by atomic mass is 19.1. The van der Waals surface area contributed by atoms with Crippen molar-refractivity contribution in [2.24, 2.45) is 0 Å². The summed E-state index contributed by atoms with van der Waals surface area (Å²) in [4.78, 5) is 26.2. The lowest BCUT2D eigenvalue weighted by Crippen LogP contribution is -2.15. The number of aryl methyl sites for hydroxylation is 1. The second-order valence-corrected chi connectivity index (χ2v) is 11.8. The fourth-order valence-electron chi connectivity index (χ4n) is 4.63. The molecule has 0 radical (unpaired) electrons. The minimum Gasteiger partial charge on any atom is -0.508 e.